The third-order valence-corrected chi connectivity index (χ3v) is 6.13. The highest BCUT2D eigenvalue weighted by molar-refractivity contribution is 5.93. The Balaban J connectivity index is 3.40. The van der Waals surface area contributed by atoms with Gasteiger partial charge in [-0.15, -0.1) is 0 Å². The average molecular weight is 504 g/mol. The average Bonchev–Trinajstić information content (AvgIpc) is 2.72. The van der Waals surface area contributed by atoms with Crippen LogP contribution in [0.1, 0.15) is 68.7 Å². The highest BCUT2D eigenvalue weighted by atomic mass is 16.5. The summed E-state index contributed by atoms with van der Waals surface area (Å²) >= 11 is 0. The maximum Gasteiger partial charge on any atom is 0.326 e. The van der Waals surface area contributed by atoms with E-state index in [0.717, 1.165) is 11.1 Å². The van der Waals surface area contributed by atoms with Gasteiger partial charge in [0, 0.05) is 19.4 Å². The minimum absolute atomic E-state index is 0.0224. The van der Waals surface area contributed by atoms with E-state index >= 15 is 0 Å². The highest BCUT2D eigenvalue weighted by Crippen LogP contribution is 2.27. The predicted molar refractivity (Wildman–Crippen MR) is 142 cm³/mol. The van der Waals surface area contributed by atoms with Crippen LogP contribution in [0.15, 0.2) is 35.5 Å². The Morgan fingerprint density at radius 2 is 1.72 bits per heavy atom. The SMILES string of the molecule is C=C1CC(=O)N[C@@H](C)C(=O)N(C)[C@@H](C(C)C)C(=O)NCC(=O)O[C@H](/C(C)=C/C(C)=C/C(C)(C)C)[C@H]1C. The summed E-state index contributed by atoms with van der Waals surface area (Å²) in [6, 6.07) is -1.64. The molecule has 8 nitrogen and oxygen atoms in total. The number of nitrogens with zero attached hydrogens (tertiary/aromatic N) is 1. The van der Waals surface area contributed by atoms with E-state index in [9.17, 15) is 19.2 Å². The lowest BCUT2D eigenvalue weighted by Crippen LogP contribution is -2.55. The molecule has 0 radical (unpaired) electrons. The Labute approximate surface area is 216 Å². The number of hydrogen-bond donors (Lipinski definition) is 2. The van der Waals surface area contributed by atoms with Crippen LogP contribution in [0.2, 0.25) is 0 Å². The summed E-state index contributed by atoms with van der Waals surface area (Å²) in [5.41, 5.74) is 2.37. The molecule has 0 spiro atoms. The molecule has 1 heterocycles. The number of esters is 1. The number of allylic oxidation sites excluding steroid dienone is 3. The lowest BCUT2D eigenvalue weighted by atomic mass is 9.88. The minimum Gasteiger partial charge on any atom is -0.456 e. The van der Waals surface area contributed by atoms with Crippen LogP contribution in [0.4, 0.5) is 0 Å². The summed E-state index contributed by atoms with van der Waals surface area (Å²) in [4.78, 5) is 52.8. The summed E-state index contributed by atoms with van der Waals surface area (Å²) in [5, 5.41) is 5.33. The molecule has 0 aliphatic carbocycles. The van der Waals surface area contributed by atoms with E-state index in [1.165, 1.54) is 11.9 Å². The molecule has 1 aliphatic rings. The monoisotopic (exact) mass is 503 g/mol. The molecule has 4 atom stereocenters. The Morgan fingerprint density at radius 3 is 2.25 bits per heavy atom. The summed E-state index contributed by atoms with van der Waals surface area (Å²) in [7, 11) is 1.52. The van der Waals surface area contributed by atoms with Crippen LogP contribution in [0.3, 0.4) is 0 Å². The second-order valence-corrected chi connectivity index (χ2v) is 11.3. The normalized spacial score (nSPS) is 26.8. The summed E-state index contributed by atoms with van der Waals surface area (Å²) in [6.07, 6.45) is 3.39. The largest absolute Gasteiger partial charge is 0.456 e. The molecule has 0 aromatic rings. The van der Waals surface area contributed by atoms with Crippen molar-refractivity contribution in [3.05, 3.63) is 35.5 Å². The quantitative estimate of drug-likeness (QED) is 0.348. The number of amides is 3. The van der Waals surface area contributed by atoms with Crippen molar-refractivity contribution in [3.8, 4) is 0 Å². The van der Waals surface area contributed by atoms with Crippen LogP contribution in [0, 0.1) is 17.3 Å². The van der Waals surface area contributed by atoms with Crippen molar-refractivity contribution >= 4 is 23.7 Å². The number of ether oxygens (including phenoxy) is 1. The van der Waals surface area contributed by atoms with Gasteiger partial charge >= 0.3 is 5.97 Å². The third kappa shape index (κ3) is 9.28. The van der Waals surface area contributed by atoms with Crippen LogP contribution >= 0.6 is 0 Å². The zero-order chi connectivity index (χ0) is 28.0. The van der Waals surface area contributed by atoms with E-state index in [-0.39, 0.29) is 36.1 Å². The van der Waals surface area contributed by atoms with Crippen LogP contribution in [-0.2, 0) is 23.9 Å². The van der Waals surface area contributed by atoms with Gasteiger partial charge in [-0.05, 0) is 37.7 Å². The molecule has 0 aromatic heterocycles. The van der Waals surface area contributed by atoms with E-state index in [0.29, 0.717) is 5.57 Å². The van der Waals surface area contributed by atoms with E-state index in [1.807, 2.05) is 40.7 Å². The van der Waals surface area contributed by atoms with Gasteiger partial charge in [-0.2, -0.15) is 0 Å². The highest BCUT2D eigenvalue weighted by Gasteiger charge is 2.34. The van der Waals surface area contributed by atoms with E-state index in [2.05, 4.69) is 44.1 Å². The van der Waals surface area contributed by atoms with E-state index in [1.54, 1.807) is 6.92 Å². The van der Waals surface area contributed by atoms with Crippen molar-refractivity contribution in [2.45, 2.75) is 86.9 Å². The molecule has 0 aromatic carbocycles. The number of likely N-dealkylation sites (N-methyl/N-ethyl adjacent to an activating group) is 1. The standard InChI is InChI=1S/C28H45N3O5/c1-16(2)24-26(34)29-15-23(33)36-25(19(5)12-17(3)14-28(8,9)10)20(6)18(4)13-22(32)30-21(7)27(35)31(24)11/h12,14,16,20-21,24-25H,4,13,15H2,1-3,5-11H3,(H,29,34)(H,30,32)/b17-14+,19-12+/t20-,21-,24-,25+/m0/s1. The number of hydrogen-bond acceptors (Lipinski definition) is 5. The molecule has 1 saturated heterocycles. The lowest BCUT2D eigenvalue weighted by Gasteiger charge is -2.32. The minimum atomic E-state index is -0.828. The van der Waals surface area contributed by atoms with E-state index < -0.39 is 36.0 Å². The fourth-order valence-corrected chi connectivity index (χ4v) is 4.51. The first-order valence-electron chi connectivity index (χ1n) is 12.5. The second kappa shape index (κ2) is 12.9. The maximum absolute atomic E-state index is 12.9. The first-order valence-corrected chi connectivity index (χ1v) is 12.5. The third-order valence-electron chi connectivity index (χ3n) is 6.13. The first kappa shape index (κ1) is 31.1. The molecule has 0 unspecified atom stereocenters. The topological polar surface area (TPSA) is 105 Å². The molecule has 3 amide bonds. The van der Waals surface area contributed by atoms with Crippen molar-refractivity contribution < 1.29 is 23.9 Å². The van der Waals surface area contributed by atoms with Crippen LogP contribution < -0.4 is 10.6 Å². The first-order chi connectivity index (χ1) is 16.4. The molecular formula is C28H45N3O5. The fourth-order valence-electron chi connectivity index (χ4n) is 4.51. The smallest absolute Gasteiger partial charge is 0.326 e. The van der Waals surface area contributed by atoms with Crippen molar-refractivity contribution in [1.82, 2.24) is 15.5 Å². The molecule has 8 heteroatoms. The van der Waals surface area contributed by atoms with Gasteiger partial charge in [0.2, 0.25) is 17.7 Å². The molecule has 36 heavy (non-hydrogen) atoms. The number of carbonyl (C=O) groups is 4. The Kier molecular flexibility index (Phi) is 11.1. The summed E-state index contributed by atoms with van der Waals surface area (Å²) in [6.45, 7) is 21.0. The van der Waals surface area contributed by atoms with Crippen LogP contribution in [-0.4, -0.2) is 60.4 Å². The Bertz CT molecular complexity index is 926. The zero-order valence-corrected chi connectivity index (χ0v) is 23.7. The molecular weight excluding hydrogens is 458 g/mol. The van der Waals surface area contributed by atoms with Crippen molar-refractivity contribution in [2.75, 3.05) is 13.6 Å². The molecule has 0 bridgehead atoms. The predicted octanol–water partition coefficient (Wildman–Crippen LogP) is 3.54. The van der Waals surface area contributed by atoms with Gasteiger partial charge in [0.15, 0.2) is 0 Å². The van der Waals surface area contributed by atoms with Crippen molar-refractivity contribution in [2.24, 2.45) is 17.3 Å². The van der Waals surface area contributed by atoms with Gasteiger partial charge in [-0.3, -0.25) is 19.2 Å². The number of nitrogens with one attached hydrogen (secondary N) is 2. The van der Waals surface area contributed by atoms with Gasteiger partial charge in [0.1, 0.15) is 24.7 Å². The van der Waals surface area contributed by atoms with Crippen molar-refractivity contribution in [1.29, 1.82) is 0 Å². The number of carbonyl (C=O) groups excluding carboxylic acids is 4. The Morgan fingerprint density at radius 1 is 1.14 bits per heavy atom. The Hall–Kier alpha value is -2.90. The van der Waals surface area contributed by atoms with Crippen LogP contribution in [0.25, 0.3) is 0 Å². The van der Waals surface area contributed by atoms with Gasteiger partial charge in [-0.25, -0.2) is 0 Å². The lowest BCUT2D eigenvalue weighted by molar-refractivity contribution is -0.149. The summed E-state index contributed by atoms with van der Waals surface area (Å²) in [5.74, 6) is -2.43. The number of cyclic esters (lactones) is 1. The molecule has 1 fully saturated rings. The van der Waals surface area contributed by atoms with E-state index in [4.69, 9.17) is 4.74 Å². The maximum atomic E-state index is 12.9. The molecule has 0 saturated carbocycles. The van der Waals surface area contributed by atoms with Crippen LogP contribution in [0.5, 0.6) is 0 Å². The van der Waals surface area contributed by atoms with Crippen molar-refractivity contribution in [3.63, 3.8) is 0 Å². The van der Waals surface area contributed by atoms with Gasteiger partial charge < -0.3 is 20.3 Å². The molecule has 2 N–H and O–H groups in total. The second-order valence-electron chi connectivity index (χ2n) is 11.3. The van der Waals surface area contributed by atoms with Gasteiger partial charge in [-0.1, -0.05) is 71.4 Å². The van der Waals surface area contributed by atoms with Gasteiger partial charge in [0.05, 0.1) is 0 Å². The summed E-state index contributed by atoms with van der Waals surface area (Å²) < 4.78 is 5.83. The molecule has 1 rings (SSSR count). The fraction of sp³-hybridized carbons (Fsp3) is 0.643. The van der Waals surface area contributed by atoms with Gasteiger partial charge in [0.25, 0.3) is 0 Å². The zero-order valence-electron chi connectivity index (χ0n) is 23.7. The molecule has 1 aliphatic heterocycles. The molecule has 202 valence electrons. The number of rotatable bonds is 3.